The van der Waals surface area contributed by atoms with Crippen LogP contribution in [-0.2, 0) is 22.5 Å². The van der Waals surface area contributed by atoms with Gasteiger partial charge in [0, 0.05) is 29.6 Å². The second-order valence-corrected chi connectivity index (χ2v) is 12.9. The number of aromatic nitrogens is 2. The Morgan fingerprint density at radius 1 is 1.19 bits per heavy atom. The summed E-state index contributed by atoms with van der Waals surface area (Å²) in [6.45, 7) is 6.07. The van der Waals surface area contributed by atoms with E-state index in [1.807, 2.05) is 39.0 Å². The average molecular weight is 596 g/mol. The lowest BCUT2D eigenvalue weighted by Gasteiger charge is -2.35. The molecule has 42 heavy (non-hydrogen) atoms. The van der Waals surface area contributed by atoms with Crippen LogP contribution in [0.15, 0.2) is 41.4 Å². The molecule has 3 aromatic rings. The molecule has 2 aromatic heterocycles. The zero-order valence-corrected chi connectivity index (χ0v) is 25.3. The molecule has 1 aromatic carbocycles. The van der Waals surface area contributed by atoms with Crippen LogP contribution < -0.4 is 20.7 Å². The predicted molar refractivity (Wildman–Crippen MR) is 161 cm³/mol. The number of nitrogens with one attached hydrogen (secondary N) is 3. The lowest BCUT2D eigenvalue weighted by molar-refractivity contribution is -0.113. The Labute approximate surface area is 249 Å². The van der Waals surface area contributed by atoms with Crippen molar-refractivity contribution in [2.75, 3.05) is 18.2 Å². The SMILES string of the molecule is COc1ccc2ncc(F)c(CC(NC(=O)OC(C)(C)C)[C@H]3CC[C@@H](NCc4ccc5c(n4)NC(=O)CS5)CC3)c2c1. The van der Waals surface area contributed by atoms with E-state index < -0.39 is 17.5 Å². The number of anilines is 1. The number of ether oxygens (including phenoxy) is 2. The third-order valence-corrected chi connectivity index (χ3v) is 8.75. The molecule has 1 saturated carbocycles. The number of benzene rings is 1. The Balaban J connectivity index is 1.27. The molecule has 1 aliphatic carbocycles. The van der Waals surface area contributed by atoms with E-state index in [2.05, 4.69) is 25.9 Å². The summed E-state index contributed by atoms with van der Waals surface area (Å²) in [4.78, 5) is 34.5. The summed E-state index contributed by atoms with van der Waals surface area (Å²) in [5.41, 5.74) is 1.40. The van der Waals surface area contributed by atoms with Crippen LogP contribution in [0.5, 0.6) is 5.75 Å². The van der Waals surface area contributed by atoms with Crippen molar-refractivity contribution in [3.63, 3.8) is 0 Å². The van der Waals surface area contributed by atoms with E-state index >= 15 is 4.39 Å². The number of hydrogen-bond acceptors (Lipinski definition) is 8. The lowest BCUT2D eigenvalue weighted by atomic mass is 9.79. The first-order chi connectivity index (χ1) is 20.1. The van der Waals surface area contributed by atoms with Crippen LogP contribution in [0, 0.1) is 11.7 Å². The summed E-state index contributed by atoms with van der Waals surface area (Å²) in [7, 11) is 1.57. The van der Waals surface area contributed by atoms with Crippen molar-refractivity contribution in [3.8, 4) is 5.75 Å². The van der Waals surface area contributed by atoms with Crippen molar-refractivity contribution in [1.29, 1.82) is 0 Å². The van der Waals surface area contributed by atoms with E-state index in [0.29, 0.717) is 46.8 Å². The van der Waals surface area contributed by atoms with Gasteiger partial charge in [0.15, 0.2) is 0 Å². The Hall–Kier alpha value is -3.44. The van der Waals surface area contributed by atoms with E-state index in [1.165, 1.54) is 18.0 Å². The van der Waals surface area contributed by atoms with E-state index in [1.54, 1.807) is 19.2 Å². The van der Waals surface area contributed by atoms with E-state index in [-0.39, 0.29) is 23.9 Å². The highest BCUT2D eigenvalue weighted by Gasteiger charge is 2.31. The first kappa shape index (κ1) is 30.0. The van der Waals surface area contributed by atoms with E-state index in [0.717, 1.165) is 36.3 Å². The second kappa shape index (κ2) is 12.8. The molecule has 1 aliphatic heterocycles. The third kappa shape index (κ3) is 7.49. The molecule has 1 fully saturated rings. The number of pyridine rings is 2. The van der Waals surface area contributed by atoms with Gasteiger partial charge in [0.05, 0.1) is 35.2 Å². The van der Waals surface area contributed by atoms with Gasteiger partial charge in [-0.3, -0.25) is 9.78 Å². The van der Waals surface area contributed by atoms with Crippen molar-refractivity contribution >= 4 is 40.5 Å². The molecule has 3 N–H and O–H groups in total. The first-order valence-electron chi connectivity index (χ1n) is 14.3. The molecular formula is C31H38FN5O4S. The maximum Gasteiger partial charge on any atom is 0.407 e. The fourth-order valence-corrected chi connectivity index (χ4v) is 6.38. The molecule has 0 bridgehead atoms. The lowest BCUT2D eigenvalue weighted by Crippen LogP contribution is -2.46. The summed E-state index contributed by atoms with van der Waals surface area (Å²) >= 11 is 1.50. The fourth-order valence-electron chi connectivity index (χ4n) is 5.63. The third-order valence-electron chi connectivity index (χ3n) is 7.71. The number of hydrogen-bond donors (Lipinski definition) is 3. The highest BCUT2D eigenvalue weighted by Crippen LogP contribution is 2.33. The first-order valence-corrected chi connectivity index (χ1v) is 15.3. The minimum Gasteiger partial charge on any atom is -0.497 e. The van der Waals surface area contributed by atoms with Crippen LogP contribution in [0.25, 0.3) is 10.9 Å². The summed E-state index contributed by atoms with van der Waals surface area (Å²) in [6.07, 6.45) is 4.57. The molecule has 11 heteroatoms. The van der Waals surface area contributed by atoms with Gasteiger partial charge in [-0.1, -0.05) is 0 Å². The van der Waals surface area contributed by atoms with E-state index in [4.69, 9.17) is 9.47 Å². The number of fused-ring (bicyclic) bond motifs is 2. The topological polar surface area (TPSA) is 114 Å². The summed E-state index contributed by atoms with van der Waals surface area (Å²) in [5, 5.41) is 10.2. The normalized spacial score (nSPS) is 19.5. The van der Waals surface area contributed by atoms with Crippen LogP contribution >= 0.6 is 11.8 Å². The van der Waals surface area contributed by atoms with Crippen LogP contribution in [0.2, 0.25) is 0 Å². The number of alkyl carbamates (subject to hydrolysis) is 1. The largest absolute Gasteiger partial charge is 0.497 e. The molecule has 0 saturated heterocycles. The number of rotatable bonds is 8. The molecule has 2 aliphatic rings. The minimum atomic E-state index is -0.648. The number of amides is 2. The quantitative estimate of drug-likeness (QED) is 0.308. The van der Waals surface area contributed by atoms with Gasteiger partial charge in [-0.15, -0.1) is 11.8 Å². The number of thioether (sulfide) groups is 1. The van der Waals surface area contributed by atoms with Gasteiger partial charge >= 0.3 is 6.09 Å². The zero-order chi connectivity index (χ0) is 29.9. The maximum absolute atomic E-state index is 15.3. The predicted octanol–water partition coefficient (Wildman–Crippen LogP) is 5.61. The fraction of sp³-hybridized carbons (Fsp3) is 0.484. The van der Waals surface area contributed by atoms with Crippen molar-refractivity contribution < 1.29 is 23.5 Å². The number of methoxy groups -OCH3 is 1. The van der Waals surface area contributed by atoms with Crippen molar-refractivity contribution in [2.45, 2.75) is 82.0 Å². The summed E-state index contributed by atoms with van der Waals surface area (Å²) in [5.74, 6) is 1.36. The maximum atomic E-state index is 15.3. The highest BCUT2D eigenvalue weighted by molar-refractivity contribution is 8.00. The number of carbonyl (C=O) groups is 2. The van der Waals surface area contributed by atoms with Gasteiger partial charge in [0.1, 0.15) is 23.0 Å². The Morgan fingerprint density at radius 3 is 2.71 bits per heavy atom. The molecule has 1 atom stereocenters. The molecular weight excluding hydrogens is 557 g/mol. The molecule has 0 radical (unpaired) electrons. The number of halogens is 1. The Morgan fingerprint density at radius 2 is 1.98 bits per heavy atom. The molecule has 3 heterocycles. The zero-order valence-electron chi connectivity index (χ0n) is 24.5. The van der Waals surface area contributed by atoms with Crippen molar-refractivity contribution in [1.82, 2.24) is 20.6 Å². The van der Waals surface area contributed by atoms with Gasteiger partial charge in [-0.25, -0.2) is 14.2 Å². The van der Waals surface area contributed by atoms with Crippen LogP contribution in [-0.4, -0.2) is 52.5 Å². The van der Waals surface area contributed by atoms with Crippen LogP contribution in [0.4, 0.5) is 15.0 Å². The van der Waals surface area contributed by atoms with Gasteiger partial charge in [0.2, 0.25) is 5.91 Å². The molecule has 9 nitrogen and oxygen atoms in total. The smallest absolute Gasteiger partial charge is 0.407 e. The molecule has 5 rings (SSSR count). The second-order valence-electron chi connectivity index (χ2n) is 11.9. The number of nitrogens with zero attached hydrogens (tertiary/aromatic N) is 2. The number of carbonyl (C=O) groups excluding carboxylic acids is 2. The summed E-state index contributed by atoms with van der Waals surface area (Å²) in [6, 6.07) is 9.37. The van der Waals surface area contributed by atoms with Crippen LogP contribution in [0.3, 0.4) is 0 Å². The Kier molecular flexibility index (Phi) is 9.17. The monoisotopic (exact) mass is 595 g/mol. The molecule has 1 unspecified atom stereocenters. The molecule has 2 amide bonds. The van der Waals surface area contributed by atoms with Crippen molar-refractivity contribution in [2.24, 2.45) is 5.92 Å². The summed E-state index contributed by atoms with van der Waals surface area (Å²) < 4.78 is 26.2. The van der Waals surface area contributed by atoms with Crippen LogP contribution in [0.1, 0.15) is 57.7 Å². The molecule has 0 spiro atoms. The van der Waals surface area contributed by atoms with E-state index in [9.17, 15) is 9.59 Å². The minimum absolute atomic E-state index is 0.0308. The van der Waals surface area contributed by atoms with Gasteiger partial charge in [0.25, 0.3) is 0 Å². The standard InChI is InChI=1S/C31H38FN5O4S/c1-31(2,3)41-30(39)36-26(14-22-23-13-21(40-4)10-11-25(23)34-16-24(22)32)18-5-7-19(8-6-18)33-15-20-9-12-27-29(35-20)37-28(38)17-42-27/h9-13,16,18-19,26,33H,5-8,14-15,17H2,1-4H3,(H,36,39)(H,35,37,38)/t18-,19+,26?. The van der Waals surface area contributed by atoms with Gasteiger partial charge in [-0.05, 0) is 89.1 Å². The van der Waals surface area contributed by atoms with Crippen molar-refractivity contribution in [3.05, 3.63) is 53.6 Å². The van der Waals surface area contributed by atoms with Gasteiger partial charge < -0.3 is 25.4 Å². The van der Waals surface area contributed by atoms with Gasteiger partial charge in [-0.2, -0.15) is 0 Å². The highest BCUT2D eigenvalue weighted by atomic mass is 32.2. The Bertz CT molecular complexity index is 1460. The average Bonchev–Trinajstić information content (AvgIpc) is 2.95. The molecule has 224 valence electrons.